The van der Waals surface area contributed by atoms with E-state index in [0.717, 1.165) is 33.6 Å². The highest BCUT2D eigenvalue weighted by molar-refractivity contribution is 6.13. The van der Waals surface area contributed by atoms with Gasteiger partial charge in [0.05, 0.1) is 29.4 Å². The molecule has 0 aliphatic rings. The van der Waals surface area contributed by atoms with Crippen LogP contribution in [0.1, 0.15) is 21.6 Å². The Bertz CT molecular complexity index is 1210. The molecule has 0 saturated carbocycles. The predicted octanol–water partition coefficient (Wildman–Crippen LogP) is 4.51. The van der Waals surface area contributed by atoms with E-state index in [1.165, 1.54) is 0 Å². The van der Waals surface area contributed by atoms with E-state index in [9.17, 15) is 4.79 Å². The lowest BCUT2D eigenvalue weighted by Gasteiger charge is -2.11. The highest BCUT2D eigenvalue weighted by Gasteiger charge is 2.19. The maximum absolute atomic E-state index is 13.2. The zero-order valence-corrected chi connectivity index (χ0v) is 16.9. The standard InChI is InChI=1S/C23H22N4O2/c1-14-7-5-6-8-19(14)25-23(28)18-13-20(16-9-11-17(29-4)12-10-16)24-22-21(18)15(2)26-27(22)3/h5-13H,1-4H3,(H,25,28). The molecule has 0 aliphatic heterocycles. The Labute approximate surface area is 169 Å². The van der Waals surface area contributed by atoms with E-state index in [-0.39, 0.29) is 5.91 Å². The minimum Gasteiger partial charge on any atom is -0.497 e. The molecule has 0 fully saturated rings. The lowest BCUT2D eigenvalue weighted by atomic mass is 10.0. The van der Waals surface area contributed by atoms with Crippen LogP contribution in [0, 0.1) is 13.8 Å². The maximum Gasteiger partial charge on any atom is 0.256 e. The number of fused-ring (bicyclic) bond motifs is 1. The number of para-hydroxylation sites is 1. The molecule has 0 aliphatic carbocycles. The van der Waals surface area contributed by atoms with Crippen molar-refractivity contribution in [2.24, 2.45) is 7.05 Å². The number of ether oxygens (including phenoxy) is 1. The van der Waals surface area contributed by atoms with Crippen LogP contribution in [0.4, 0.5) is 5.69 Å². The minimum absolute atomic E-state index is 0.183. The van der Waals surface area contributed by atoms with E-state index in [0.29, 0.717) is 16.9 Å². The van der Waals surface area contributed by atoms with Gasteiger partial charge < -0.3 is 10.1 Å². The Morgan fingerprint density at radius 2 is 1.79 bits per heavy atom. The fourth-order valence-electron chi connectivity index (χ4n) is 3.44. The molecule has 1 amide bonds. The number of carbonyl (C=O) groups excluding carboxylic acids is 1. The number of hydrogen-bond donors (Lipinski definition) is 1. The van der Waals surface area contributed by atoms with Gasteiger partial charge in [0.1, 0.15) is 5.75 Å². The van der Waals surface area contributed by atoms with E-state index in [1.54, 1.807) is 11.8 Å². The average Bonchev–Trinajstić information content (AvgIpc) is 3.02. The second-order valence-electron chi connectivity index (χ2n) is 6.96. The molecule has 4 aromatic rings. The molecule has 146 valence electrons. The number of aromatic nitrogens is 3. The van der Waals surface area contributed by atoms with E-state index in [4.69, 9.17) is 9.72 Å². The van der Waals surface area contributed by atoms with Crippen LogP contribution in [-0.4, -0.2) is 27.8 Å². The first-order chi connectivity index (χ1) is 14.0. The van der Waals surface area contributed by atoms with Gasteiger partial charge in [0.2, 0.25) is 0 Å². The van der Waals surface area contributed by atoms with Crippen molar-refractivity contribution in [2.75, 3.05) is 12.4 Å². The summed E-state index contributed by atoms with van der Waals surface area (Å²) in [5.41, 5.74) is 5.39. The van der Waals surface area contributed by atoms with Crippen LogP contribution in [0.5, 0.6) is 5.75 Å². The van der Waals surface area contributed by atoms with E-state index < -0.39 is 0 Å². The topological polar surface area (TPSA) is 69.0 Å². The molecule has 0 saturated heterocycles. The zero-order valence-electron chi connectivity index (χ0n) is 16.9. The lowest BCUT2D eigenvalue weighted by molar-refractivity contribution is 0.102. The molecule has 0 atom stereocenters. The number of aryl methyl sites for hydroxylation is 3. The van der Waals surface area contributed by atoms with Crippen LogP contribution >= 0.6 is 0 Å². The summed E-state index contributed by atoms with van der Waals surface area (Å²) in [7, 11) is 3.47. The minimum atomic E-state index is -0.183. The number of benzene rings is 2. The average molecular weight is 386 g/mol. The summed E-state index contributed by atoms with van der Waals surface area (Å²) in [4.78, 5) is 18.0. The summed E-state index contributed by atoms with van der Waals surface area (Å²) in [5, 5.41) is 8.26. The zero-order chi connectivity index (χ0) is 20.5. The van der Waals surface area contributed by atoms with Crippen LogP contribution in [0.25, 0.3) is 22.3 Å². The Balaban J connectivity index is 1.85. The number of rotatable bonds is 4. The molecule has 0 bridgehead atoms. The van der Waals surface area contributed by atoms with Gasteiger partial charge in [-0.25, -0.2) is 4.98 Å². The number of amides is 1. The molecule has 1 N–H and O–H groups in total. The van der Waals surface area contributed by atoms with Crippen molar-refractivity contribution >= 4 is 22.6 Å². The van der Waals surface area contributed by atoms with Crippen molar-refractivity contribution in [3.05, 3.63) is 71.4 Å². The smallest absolute Gasteiger partial charge is 0.256 e. The van der Waals surface area contributed by atoms with Gasteiger partial charge in [0.15, 0.2) is 5.65 Å². The summed E-state index contributed by atoms with van der Waals surface area (Å²) in [6.45, 7) is 3.86. The molecule has 29 heavy (non-hydrogen) atoms. The molecule has 6 nitrogen and oxygen atoms in total. The summed E-state index contributed by atoms with van der Waals surface area (Å²) in [5.74, 6) is 0.585. The molecule has 0 spiro atoms. The molecule has 2 aromatic carbocycles. The summed E-state index contributed by atoms with van der Waals surface area (Å²) >= 11 is 0. The fourth-order valence-corrected chi connectivity index (χ4v) is 3.44. The molecular formula is C23H22N4O2. The van der Waals surface area contributed by atoms with Crippen LogP contribution < -0.4 is 10.1 Å². The Hall–Kier alpha value is -3.67. The highest BCUT2D eigenvalue weighted by atomic mass is 16.5. The molecular weight excluding hydrogens is 364 g/mol. The highest BCUT2D eigenvalue weighted by Crippen LogP contribution is 2.28. The van der Waals surface area contributed by atoms with Crippen LogP contribution in [0.2, 0.25) is 0 Å². The molecule has 0 radical (unpaired) electrons. The Morgan fingerprint density at radius 1 is 1.07 bits per heavy atom. The molecule has 6 heteroatoms. The van der Waals surface area contributed by atoms with Crippen molar-refractivity contribution in [1.29, 1.82) is 0 Å². The van der Waals surface area contributed by atoms with E-state index in [1.807, 2.05) is 75.5 Å². The van der Waals surface area contributed by atoms with E-state index >= 15 is 0 Å². The monoisotopic (exact) mass is 386 g/mol. The summed E-state index contributed by atoms with van der Waals surface area (Å²) in [6.07, 6.45) is 0. The normalized spacial score (nSPS) is 10.9. The third kappa shape index (κ3) is 3.45. The predicted molar refractivity (Wildman–Crippen MR) is 114 cm³/mol. The maximum atomic E-state index is 13.2. The largest absolute Gasteiger partial charge is 0.497 e. The molecule has 4 rings (SSSR count). The summed E-state index contributed by atoms with van der Waals surface area (Å²) < 4.78 is 6.95. The van der Waals surface area contributed by atoms with Crippen molar-refractivity contribution in [3.63, 3.8) is 0 Å². The van der Waals surface area contributed by atoms with Crippen molar-refractivity contribution in [2.45, 2.75) is 13.8 Å². The lowest BCUT2D eigenvalue weighted by Crippen LogP contribution is -2.14. The van der Waals surface area contributed by atoms with Crippen molar-refractivity contribution in [3.8, 4) is 17.0 Å². The van der Waals surface area contributed by atoms with Gasteiger partial charge in [-0.1, -0.05) is 18.2 Å². The van der Waals surface area contributed by atoms with E-state index in [2.05, 4.69) is 10.4 Å². The first-order valence-electron chi connectivity index (χ1n) is 9.33. The SMILES string of the molecule is COc1ccc(-c2cc(C(=O)Nc3ccccc3C)c3c(C)nn(C)c3n2)cc1. The van der Waals surface area contributed by atoms with Gasteiger partial charge in [-0.3, -0.25) is 9.48 Å². The van der Waals surface area contributed by atoms with Crippen LogP contribution in [0.3, 0.4) is 0 Å². The fraction of sp³-hybridized carbons (Fsp3) is 0.174. The van der Waals surface area contributed by atoms with Gasteiger partial charge in [0.25, 0.3) is 5.91 Å². The van der Waals surface area contributed by atoms with Crippen LogP contribution in [-0.2, 0) is 7.05 Å². The number of pyridine rings is 1. The molecule has 2 aromatic heterocycles. The second-order valence-corrected chi connectivity index (χ2v) is 6.96. The van der Waals surface area contributed by atoms with Crippen molar-refractivity contribution < 1.29 is 9.53 Å². The third-order valence-electron chi connectivity index (χ3n) is 4.99. The second kappa shape index (κ2) is 7.39. The van der Waals surface area contributed by atoms with Gasteiger partial charge in [-0.15, -0.1) is 0 Å². The van der Waals surface area contributed by atoms with Gasteiger partial charge in [-0.05, 0) is 55.8 Å². The number of nitrogens with one attached hydrogen (secondary N) is 1. The quantitative estimate of drug-likeness (QED) is 0.560. The Morgan fingerprint density at radius 3 is 2.48 bits per heavy atom. The summed E-state index contributed by atoms with van der Waals surface area (Å²) in [6, 6.07) is 17.2. The first kappa shape index (κ1) is 18.7. The van der Waals surface area contributed by atoms with Crippen LogP contribution in [0.15, 0.2) is 54.6 Å². The van der Waals surface area contributed by atoms with Gasteiger partial charge >= 0.3 is 0 Å². The first-order valence-corrected chi connectivity index (χ1v) is 9.33. The number of carbonyl (C=O) groups is 1. The molecule has 0 unspecified atom stereocenters. The number of hydrogen-bond acceptors (Lipinski definition) is 4. The number of methoxy groups -OCH3 is 1. The van der Waals surface area contributed by atoms with Crippen molar-refractivity contribution in [1.82, 2.24) is 14.8 Å². The molecule has 2 heterocycles. The number of nitrogens with zero attached hydrogens (tertiary/aromatic N) is 3. The third-order valence-corrected chi connectivity index (χ3v) is 4.99. The number of anilines is 1. The van der Waals surface area contributed by atoms with Gasteiger partial charge in [-0.2, -0.15) is 5.10 Å². The van der Waals surface area contributed by atoms with Gasteiger partial charge in [0, 0.05) is 18.3 Å². The Kier molecular flexibility index (Phi) is 4.76.